The van der Waals surface area contributed by atoms with Gasteiger partial charge in [-0.3, -0.25) is 4.90 Å². The predicted octanol–water partition coefficient (Wildman–Crippen LogP) is 3.48. The molecule has 1 heterocycles. The van der Waals surface area contributed by atoms with Gasteiger partial charge in [0.15, 0.2) is 0 Å². The van der Waals surface area contributed by atoms with Crippen LogP contribution in [0.3, 0.4) is 0 Å². The van der Waals surface area contributed by atoms with Crippen LogP contribution in [0.15, 0.2) is 48.5 Å². The molecule has 26 heavy (non-hydrogen) atoms. The molecule has 0 bridgehead atoms. The largest absolute Gasteiger partial charge is 0.480 e. The summed E-state index contributed by atoms with van der Waals surface area (Å²) >= 11 is 0. The van der Waals surface area contributed by atoms with Gasteiger partial charge >= 0.3 is 12.1 Å². The molecule has 2 fully saturated rings. The molecule has 1 aliphatic heterocycles. The number of carbonyl (C=O) groups excluding carboxylic acids is 1. The van der Waals surface area contributed by atoms with Crippen molar-refractivity contribution < 1.29 is 19.4 Å². The molecule has 2 aliphatic carbocycles. The van der Waals surface area contributed by atoms with Crippen LogP contribution in [0.2, 0.25) is 0 Å². The Kier molecular flexibility index (Phi) is 3.32. The number of fused-ring (bicyclic) bond motifs is 4. The van der Waals surface area contributed by atoms with E-state index in [0.717, 1.165) is 17.5 Å². The zero-order valence-electron chi connectivity index (χ0n) is 14.2. The van der Waals surface area contributed by atoms with Crippen LogP contribution in [-0.4, -0.2) is 40.8 Å². The molecule has 3 aliphatic rings. The second-order valence-electron chi connectivity index (χ2n) is 7.36. The second-order valence-corrected chi connectivity index (χ2v) is 7.36. The first-order chi connectivity index (χ1) is 12.6. The van der Waals surface area contributed by atoms with E-state index in [2.05, 4.69) is 24.3 Å². The van der Waals surface area contributed by atoms with Crippen molar-refractivity contribution in [3.63, 3.8) is 0 Å². The predicted molar refractivity (Wildman–Crippen MR) is 94.8 cm³/mol. The number of hydrogen-bond acceptors (Lipinski definition) is 3. The molecule has 0 spiro atoms. The van der Waals surface area contributed by atoms with Gasteiger partial charge < -0.3 is 9.84 Å². The first kappa shape index (κ1) is 15.4. The number of hydrogen-bond donors (Lipinski definition) is 1. The van der Waals surface area contributed by atoms with Crippen molar-refractivity contribution >= 4 is 12.1 Å². The summed E-state index contributed by atoms with van der Waals surface area (Å²) in [6, 6.07) is 15.6. The van der Waals surface area contributed by atoms with Crippen molar-refractivity contribution in [1.29, 1.82) is 0 Å². The quantitative estimate of drug-likeness (QED) is 0.921. The van der Waals surface area contributed by atoms with E-state index in [1.807, 2.05) is 24.3 Å². The molecule has 1 saturated carbocycles. The summed E-state index contributed by atoms with van der Waals surface area (Å²) in [4.78, 5) is 25.5. The lowest BCUT2D eigenvalue weighted by Gasteiger charge is -2.24. The second kappa shape index (κ2) is 5.59. The van der Waals surface area contributed by atoms with Crippen LogP contribution < -0.4 is 0 Å². The first-order valence-corrected chi connectivity index (χ1v) is 9.01. The number of carboxylic acids is 1. The molecule has 1 N–H and O–H groups in total. The van der Waals surface area contributed by atoms with Gasteiger partial charge in [-0.25, -0.2) is 9.59 Å². The summed E-state index contributed by atoms with van der Waals surface area (Å²) in [5.41, 5.74) is 4.66. The number of piperidine rings is 1. The molecule has 1 saturated heterocycles. The third-order valence-electron chi connectivity index (χ3n) is 5.94. The van der Waals surface area contributed by atoms with E-state index in [9.17, 15) is 14.7 Å². The number of nitrogens with zero attached hydrogens (tertiary/aromatic N) is 1. The summed E-state index contributed by atoms with van der Waals surface area (Å²) in [6.07, 6.45) is 0.947. The van der Waals surface area contributed by atoms with Gasteiger partial charge in [0.05, 0.1) is 0 Å². The maximum Gasteiger partial charge on any atom is 0.410 e. The first-order valence-electron chi connectivity index (χ1n) is 9.01. The fourth-order valence-electron chi connectivity index (χ4n) is 4.61. The lowest BCUT2D eigenvalue weighted by Crippen LogP contribution is -2.43. The summed E-state index contributed by atoms with van der Waals surface area (Å²) < 4.78 is 5.62. The molecular formula is C21H19NO4. The lowest BCUT2D eigenvalue weighted by atomic mass is 9.98. The van der Waals surface area contributed by atoms with E-state index < -0.39 is 18.1 Å². The molecule has 0 radical (unpaired) electrons. The van der Waals surface area contributed by atoms with Crippen molar-refractivity contribution in [2.75, 3.05) is 6.61 Å². The van der Waals surface area contributed by atoms with Crippen LogP contribution in [0.25, 0.3) is 11.1 Å². The molecule has 5 heteroatoms. The standard InChI is InChI=1S/C21H19NO4/c23-20(24)19-10-12-9-18(12)22(19)21(25)26-11-17-15-7-3-1-5-13(15)14-6-2-4-8-16(14)17/h1-8,12,17-19H,9-11H2,(H,23,24)/t12-,18-,19+/m1/s1. The number of amides is 1. The van der Waals surface area contributed by atoms with Crippen molar-refractivity contribution in [2.24, 2.45) is 5.92 Å². The smallest absolute Gasteiger partial charge is 0.410 e. The van der Waals surface area contributed by atoms with Crippen LogP contribution in [0, 0.1) is 5.92 Å². The van der Waals surface area contributed by atoms with E-state index in [-0.39, 0.29) is 18.6 Å². The number of carbonyl (C=O) groups is 2. The molecule has 0 unspecified atom stereocenters. The zero-order valence-corrected chi connectivity index (χ0v) is 14.2. The van der Waals surface area contributed by atoms with Crippen molar-refractivity contribution in [1.82, 2.24) is 4.90 Å². The Morgan fingerprint density at radius 1 is 1.00 bits per heavy atom. The Labute approximate surface area is 151 Å². The van der Waals surface area contributed by atoms with E-state index >= 15 is 0 Å². The summed E-state index contributed by atoms with van der Waals surface area (Å²) in [7, 11) is 0. The third kappa shape index (κ3) is 2.23. The minimum absolute atomic E-state index is 0.00719. The highest BCUT2D eigenvalue weighted by Gasteiger charge is 2.57. The number of ether oxygens (including phenoxy) is 1. The van der Waals surface area contributed by atoms with Gasteiger partial charge in [-0.15, -0.1) is 0 Å². The maximum atomic E-state index is 12.6. The highest BCUT2D eigenvalue weighted by atomic mass is 16.6. The third-order valence-corrected chi connectivity index (χ3v) is 5.94. The van der Waals surface area contributed by atoms with E-state index in [1.54, 1.807) is 0 Å². The molecule has 3 atom stereocenters. The Morgan fingerprint density at radius 3 is 2.23 bits per heavy atom. The number of rotatable bonds is 3. The fraction of sp³-hybridized carbons (Fsp3) is 0.333. The van der Waals surface area contributed by atoms with E-state index in [1.165, 1.54) is 16.0 Å². The topological polar surface area (TPSA) is 66.8 Å². The minimum Gasteiger partial charge on any atom is -0.480 e. The Bertz CT molecular complexity index is 863. The van der Waals surface area contributed by atoms with Gasteiger partial charge in [-0.2, -0.15) is 0 Å². The summed E-state index contributed by atoms with van der Waals surface area (Å²) in [6.45, 7) is 0.229. The van der Waals surface area contributed by atoms with E-state index in [0.29, 0.717) is 12.3 Å². The molecule has 2 aromatic carbocycles. The fourth-order valence-corrected chi connectivity index (χ4v) is 4.61. The SMILES string of the molecule is O=C(O)[C@@H]1C[C@H]2C[C@H]2N1C(=O)OCC1c2ccccc2-c2ccccc21. The number of carboxylic acid groups (broad SMARTS) is 1. The number of likely N-dealkylation sites (tertiary alicyclic amines) is 1. The normalized spacial score (nSPS) is 25.4. The molecule has 2 aromatic rings. The van der Waals surface area contributed by atoms with Gasteiger partial charge in [0.2, 0.25) is 0 Å². The monoisotopic (exact) mass is 349 g/mol. The van der Waals surface area contributed by atoms with Gasteiger partial charge in [-0.05, 0) is 41.0 Å². The molecule has 0 aromatic heterocycles. The molecular weight excluding hydrogens is 330 g/mol. The average Bonchev–Trinajstić information content (AvgIpc) is 3.20. The number of aliphatic carboxylic acids is 1. The Hall–Kier alpha value is -2.82. The van der Waals surface area contributed by atoms with Crippen LogP contribution >= 0.6 is 0 Å². The van der Waals surface area contributed by atoms with Crippen LogP contribution in [0.5, 0.6) is 0 Å². The van der Waals surface area contributed by atoms with Gasteiger partial charge in [0.25, 0.3) is 0 Å². The minimum atomic E-state index is -0.939. The van der Waals surface area contributed by atoms with Gasteiger partial charge in [0, 0.05) is 12.0 Å². The Balaban J connectivity index is 1.37. The number of benzene rings is 2. The van der Waals surface area contributed by atoms with Crippen molar-refractivity contribution in [3.05, 3.63) is 59.7 Å². The van der Waals surface area contributed by atoms with Crippen LogP contribution in [0.4, 0.5) is 4.79 Å². The highest BCUT2D eigenvalue weighted by molar-refractivity contribution is 5.82. The summed E-state index contributed by atoms with van der Waals surface area (Å²) in [5.74, 6) is -0.616. The van der Waals surface area contributed by atoms with Crippen molar-refractivity contribution in [3.8, 4) is 11.1 Å². The average molecular weight is 349 g/mol. The lowest BCUT2D eigenvalue weighted by molar-refractivity contribution is -0.142. The summed E-state index contributed by atoms with van der Waals surface area (Å²) in [5, 5.41) is 9.36. The molecule has 5 nitrogen and oxygen atoms in total. The molecule has 1 amide bonds. The van der Waals surface area contributed by atoms with E-state index in [4.69, 9.17) is 4.74 Å². The van der Waals surface area contributed by atoms with Crippen LogP contribution in [0.1, 0.15) is 29.9 Å². The zero-order chi connectivity index (χ0) is 17.8. The maximum absolute atomic E-state index is 12.6. The molecule has 5 rings (SSSR count). The highest BCUT2D eigenvalue weighted by Crippen LogP contribution is 2.48. The van der Waals surface area contributed by atoms with Crippen molar-refractivity contribution in [2.45, 2.75) is 30.8 Å². The van der Waals surface area contributed by atoms with Gasteiger partial charge in [0.1, 0.15) is 12.6 Å². The van der Waals surface area contributed by atoms with Gasteiger partial charge in [-0.1, -0.05) is 48.5 Å². The van der Waals surface area contributed by atoms with Crippen LogP contribution in [-0.2, 0) is 9.53 Å². The Morgan fingerprint density at radius 2 is 1.62 bits per heavy atom. The molecule has 132 valence electrons.